The molecule has 0 bridgehead atoms. The van der Waals surface area contributed by atoms with Crippen molar-refractivity contribution >= 4 is 53.7 Å². The molecule has 2 atom stereocenters. The molecular weight excluding hydrogens is 632 g/mol. The fourth-order valence-corrected chi connectivity index (χ4v) is 4.56. The van der Waals surface area contributed by atoms with E-state index in [2.05, 4.69) is 28.4 Å². The Morgan fingerprint density at radius 1 is 0.553 bits per heavy atom. The molecule has 0 fully saturated rings. The quantitative estimate of drug-likeness (QED) is 0.131. The van der Waals surface area contributed by atoms with Crippen molar-refractivity contribution in [2.24, 2.45) is 11.3 Å². The van der Waals surface area contributed by atoms with Crippen molar-refractivity contribution in [3.8, 4) is 0 Å². The van der Waals surface area contributed by atoms with Gasteiger partial charge in [0.05, 0.1) is 38.6 Å². The Bertz CT molecular complexity index is 1130. The minimum Gasteiger partial charge on any atom is -0.466 e. The van der Waals surface area contributed by atoms with Gasteiger partial charge in [0.15, 0.2) is 11.2 Å². The van der Waals surface area contributed by atoms with E-state index < -0.39 is 89.1 Å². The second-order valence-electron chi connectivity index (χ2n) is 9.91. The van der Waals surface area contributed by atoms with Crippen LogP contribution in [0.25, 0.3) is 0 Å². The van der Waals surface area contributed by atoms with Crippen LogP contribution < -0.4 is 0 Å². The molecular formula is C30H46O17. The van der Waals surface area contributed by atoms with Crippen molar-refractivity contribution in [3.05, 3.63) is 0 Å². The molecule has 17 nitrogen and oxygen atoms in total. The number of hydrogen-bond acceptors (Lipinski definition) is 17. The van der Waals surface area contributed by atoms with E-state index in [0.29, 0.717) is 0 Å². The van der Waals surface area contributed by atoms with E-state index in [0.717, 1.165) is 20.8 Å². The van der Waals surface area contributed by atoms with Gasteiger partial charge in [0, 0.05) is 20.8 Å². The number of hydrogen-bond donors (Lipinski definition) is 2. The van der Waals surface area contributed by atoms with Gasteiger partial charge in [-0.15, -0.1) is 0 Å². The molecule has 0 aromatic carbocycles. The summed E-state index contributed by atoms with van der Waals surface area (Å²) in [7, 11) is 0. The van der Waals surface area contributed by atoms with Crippen molar-refractivity contribution < 1.29 is 81.8 Å². The Morgan fingerprint density at radius 3 is 1.26 bits per heavy atom. The molecule has 0 spiro atoms. The maximum Gasteiger partial charge on any atom is 0.347 e. The summed E-state index contributed by atoms with van der Waals surface area (Å²) in [5, 5.41) is 21.5. The van der Waals surface area contributed by atoms with Crippen molar-refractivity contribution in [2.45, 2.75) is 106 Å². The summed E-state index contributed by atoms with van der Waals surface area (Å²) in [6.07, 6.45) is -2.09. The van der Waals surface area contributed by atoms with Gasteiger partial charge in [-0.25, -0.2) is 9.59 Å². The SMILES string of the molecule is CCC(C(=O)OC(C)=O)C(O)(C(=O)OC(C)=O)C(CC)(CC)C(=O)OC(C)=O.CCOC(=O)CC(O)(CC(=O)OCC)C(=O)OCC. The minimum absolute atomic E-state index is 0.0206. The Labute approximate surface area is 272 Å². The summed E-state index contributed by atoms with van der Waals surface area (Å²) in [5.74, 6) is -11.6. The van der Waals surface area contributed by atoms with Crippen LogP contribution in [0.4, 0.5) is 0 Å². The van der Waals surface area contributed by atoms with Crippen molar-refractivity contribution in [1.82, 2.24) is 0 Å². The number of rotatable bonds is 16. The molecule has 0 heterocycles. The van der Waals surface area contributed by atoms with E-state index >= 15 is 0 Å². The lowest BCUT2D eigenvalue weighted by Gasteiger charge is -2.44. The summed E-state index contributed by atoms with van der Waals surface area (Å²) in [6, 6.07) is 0. The first-order valence-corrected chi connectivity index (χ1v) is 14.8. The predicted molar refractivity (Wildman–Crippen MR) is 156 cm³/mol. The van der Waals surface area contributed by atoms with Gasteiger partial charge in [0.25, 0.3) is 0 Å². The first-order valence-electron chi connectivity index (χ1n) is 14.8. The molecule has 0 rings (SSSR count). The minimum atomic E-state index is -2.95. The Morgan fingerprint density at radius 2 is 0.936 bits per heavy atom. The molecule has 17 heteroatoms. The highest BCUT2D eigenvalue weighted by atomic mass is 16.6. The molecule has 0 saturated heterocycles. The van der Waals surface area contributed by atoms with Crippen LogP contribution in [0.15, 0.2) is 0 Å². The van der Waals surface area contributed by atoms with E-state index in [9.17, 15) is 53.4 Å². The van der Waals surface area contributed by atoms with Gasteiger partial charge >= 0.3 is 53.7 Å². The Hall–Kier alpha value is -4.25. The van der Waals surface area contributed by atoms with Crippen molar-refractivity contribution in [3.63, 3.8) is 0 Å². The zero-order chi connectivity index (χ0) is 37.2. The highest BCUT2D eigenvalue weighted by Gasteiger charge is 2.66. The maximum atomic E-state index is 12.7. The van der Waals surface area contributed by atoms with E-state index in [1.807, 2.05) is 0 Å². The number of aliphatic hydroxyl groups is 2. The van der Waals surface area contributed by atoms with Gasteiger partial charge in [-0.2, -0.15) is 0 Å². The van der Waals surface area contributed by atoms with Gasteiger partial charge in [0.2, 0.25) is 0 Å². The molecule has 0 aromatic heterocycles. The fourth-order valence-electron chi connectivity index (χ4n) is 4.56. The van der Waals surface area contributed by atoms with Crippen LogP contribution in [0, 0.1) is 11.3 Å². The Balaban J connectivity index is 0. The van der Waals surface area contributed by atoms with E-state index in [1.165, 1.54) is 20.8 Å². The van der Waals surface area contributed by atoms with Gasteiger partial charge in [0.1, 0.15) is 5.41 Å². The summed E-state index contributed by atoms with van der Waals surface area (Å²) >= 11 is 0. The van der Waals surface area contributed by atoms with Gasteiger partial charge < -0.3 is 38.6 Å². The third kappa shape index (κ3) is 12.8. The smallest absolute Gasteiger partial charge is 0.347 e. The summed E-state index contributed by atoms with van der Waals surface area (Å²) < 4.78 is 27.6. The maximum absolute atomic E-state index is 12.7. The van der Waals surface area contributed by atoms with Crippen LogP contribution >= 0.6 is 0 Å². The van der Waals surface area contributed by atoms with Crippen LogP contribution in [0.2, 0.25) is 0 Å². The molecule has 0 saturated carbocycles. The second kappa shape index (κ2) is 20.8. The molecule has 47 heavy (non-hydrogen) atoms. The summed E-state index contributed by atoms with van der Waals surface area (Å²) in [5.41, 5.74) is -7.34. The molecule has 2 N–H and O–H groups in total. The van der Waals surface area contributed by atoms with Crippen molar-refractivity contribution in [2.75, 3.05) is 19.8 Å². The first kappa shape index (κ1) is 44.9. The van der Waals surface area contributed by atoms with Crippen molar-refractivity contribution in [1.29, 1.82) is 0 Å². The van der Waals surface area contributed by atoms with Gasteiger partial charge in [-0.1, -0.05) is 20.8 Å². The largest absolute Gasteiger partial charge is 0.466 e. The van der Waals surface area contributed by atoms with Gasteiger partial charge in [-0.05, 0) is 40.0 Å². The average Bonchev–Trinajstić information content (AvgIpc) is 2.93. The molecule has 0 radical (unpaired) electrons. The monoisotopic (exact) mass is 678 g/mol. The first-order chi connectivity index (χ1) is 21.7. The molecule has 268 valence electrons. The van der Waals surface area contributed by atoms with E-state index in [1.54, 1.807) is 20.8 Å². The second-order valence-corrected chi connectivity index (χ2v) is 9.91. The zero-order valence-corrected chi connectivity index (χ0v) is 28.3. The lowest BCUT2D eigenvalue weighted by molar-refractivity contribution is -0.213. The third-order valence-electron chi connectivity index (χ3n) is 6.69. The number of esters is 9. The highest BCUT2D eigenvalue weighted by Crippen LogP contribution is 2.47. The molecule has 0 amide bonds. The fraction of sp³-hybridized carbons (Fsp3) is 0.700. The zero-order valence-electron chi connectivity index (χ0n) is 28.3. The van der Waals surface area contributed by atoms with E-state index in [-0.39, 0.29) is 39.1 Å². The lowest BCUT2D eigenvalue weighted by Crippen LogP contribution is -2.65. The van der Waals surface area contributed by atoms with Gasteiger partial charge in [-0.3, -0.25) is 33.6 Å². The number of carbonyl (C=O) groups is 9. The third-order valence-corrected chi connectivity index (χ3v) is 6.69. The molecule has 0 aromatic rings. The van der Waals surface area contributed by atoms with Crippen LogP contribution in [-0.2, 0) is 71.6 Å². The van der Waals surface area contributed by atoms with Crippen LogP contribution in [0.3, 0.4) is 0 Å². The van der Waals surface area contributed by atoms with Crippen LogP contribution in [0.5, 0.6) is 0 Å². The molecule has 0 aliphatic carbocycles. The Kier molecular flexibility index (Phi) is 19.8. The molecule has 0 aliphatic rings. The summed E-state index contributed by atoms with van der Waals surface area (Å²) in [6.45, 7) is 12.0. The molecule has 2 unspecified atom stereocenters. The standard InChI is InChI=1S/C18H26O10.C12H20O7/c1-7-13(14(22)26-10(4)19)18(25,16(24)28-12(6)21)17(8-2,9-3)15(23)27-11(5)20;1-4-17-9(13)7-12(16,11(15)19-6-3)8-10(14)18-5-2/h13,25H,7-9H2,1-6H3;16H,4-8H2,1-3H3. The van der Waals surface area contributed by atoms with E-state index in [4.69, 9.17) is 0 Å². The average molecular weight is 679 g/mol. The predicted octanol–water partition coefficient (Wildman–Crippen LogP) is 1.01. The highest BCUT2D eigenvalue weighted by molar-refractivity contribution is 6.01. The van der Waals surface area contributed by atoms with Crippen LogP contribution in [0.1, 0.15) is 94.4 Å². The normalized spacial score (nSPS) is 12.8. The number of ether oxygens (including phenoxy) is 6. The summed E-state index contributed by atoms with van der Waals surface area (Å²) in [4.78, 5) is 106. The topological polar surface area (TPSA) is 249 Å². The molecule has 0 aliphatic heterocycles. The number of carbonyl (C=O) groups excluding carboxylic acids is 9. The van der Waals surface area contributed by atoms with Crippen LogP contribution in [-0.4, -0.2) is 95.0 Å². The lowest BCUT2D eigenvalue weighted by atomic mass is 9.61.